The van der Waals surface area contributed by atoms with Crippen LogP contribution in [0.25, 0.3) is 11.4 Å². The van der Waals surface area contributed by atoms with E-state index in [0.717, 1.165) is 38.8 Å². The molecule has 0 bridgehead atoms. The van der Waals surface area contributed by atoms with Gasteiger partial charge in [0, 0.05) is 16.0 Å². The van der Waals surface area contributed by atoms with Gasteiger partial charge in [0.2, 0.25) is 0 Å². The summed E-state index contributed by atoms with van der Waals surface area (Å²) in [5.41, 5.74) is 1.87. The third kappa shape index (κ3) is 2.71. The average molecular weight is 419 g/mol. The topological polar surface area (TPSA) is 35.0 Å². The Labute approximate surface area is 139 Å². The number of aromatic nitrogens is 2. The Morgan fingerprint density at radius 2 is 2.00 bits per heavy atom. The molecule has 0 N–H and O–H groups in total. The first-order valence-electron chi connectivity index (χ1n) is 6.17. The molecule has 1 aliphatic rings. The molecule has 0 amide bonds. The van der Waals surface area contributed by atoms with Gasteiger partial charge in [-0.1, -0.05) is 27.5 Å². The summed E-state index contributed by atoms with van der Waals surface area (Å²) in [6, 6.07) is 5.71. The average Bonchev–Trinajstić information content (AvgIpc) is 3.27. The molecule has 1 aliphatic carbocycles. The lowest BCUT2D eigenvalue weighted by molar-refractivity contribution is 0.415. The summed E-state index contributed by atoms with van der Waals surface area (Å²) in [7, 11) is 1.64. The van der Waals surface area contributed by atoms with Crippen LogP contribution in [0.3, 0.4) is 0 Å². The van der Waals surface area contributed by atoms with Gasteiger partial charge >= 0.3 is 0 Å². The highest BCUT2D eigenvalue weighted by Gasteiger charge is 2.29. The van der Waals surface area contributed by atoms with E-state index in [1.807, 2.05) is 18.2 Å². The molecule has 1 saturated carbocycles. The van der Waals surface area contributed by atoms with E-state index in [2.05, 4.69) is 41.8 Å². The van der Waals surface area contributed by atoms with Crippen LogP contribution in [-0.2, 0) is 0 Å². The van der Waals surface area contributed by atoms with E-state index in [9.17, 15) is 0 Å². The lowest BCUT2D eigenvalue weighted by Crippen LogP contribution is -1.98. The van der Waals surface area contributed by atoms with Gasteiger partial charge in [0.25, 0.3) is 0 Å². The van der Waals surface area contributed by atoms with Crippen molar-refractivity contribution in [3.63, 3.8) is 0 Å². The second-order valence-corrected chi connectivity index (χ2v) is 6.66. The van der Waals surface area contributed by atoms with Crippen LogP contribution in [-0.4, -0.2) is 17.1 Å². The first-order chi connectivity index (χ1) is 9.60. The Balaban J connectivity index is 2.14. The van der Waals surface area contributed by atoms with E-state index in [4.69, 9.17) is 16.3 Å². The lowest BCUT2D eigenvalue weighted by atomic mass is 10.2. The van der Waals surface area contributed by atoms with Crippen LogP contribution in [0.2, 0.25) is 5.15 Å². The maximum Gasteiger partial charge on any atom is 0.162 e. The molecule has 1 aromatic heterocycles. The largest absolute Gasteiger partial charge is 0.497 e. The van der Waals surface area contributed by atoms with E-state index >= 15 is 0 Å². The molecule has 0 spiro atoms. The molecule has 6 heteroatoms. The SMILES string of the molecule is COc1ccc(Br)c(-c2nc(Cl)c(Br)c(C3CC3)n2)c1. The zero-order valence-electron chi connectivity index (χ0n) is 10.7. The maximum absolute atomic E-state index is 6.22. The number of methoxy groups -OCH3 is 1. The monoisotopic (exact) mass is 416 g/mol. The predicted octanol–water partition coefficient (Wildman–Crippen LogP) is 5.21. The van der Waals surface area contributed by atoms with Crippen molar-refractivity contribution in [1.82, 2.24) is 9.97 Å². The van der Waals surface area contributed by atoms with Gasteiger partial charge in [0.05, 0.1) is 17.3 Å². The number of rotatable bonds is 3. The summed E-state index contributed by atoms with van der Waals surface area (Å²) < 4.78 is 6.98. The fourth-order valence-electron chi connectivity index (χ4n) is 1.99. The molecule has 0 radical (unpaired) electrons. The van der Waals surface area contributed by atoms with Crippen molar-refractivity contribution in [2.45, 2.75) is 18.8 Å². The Hall–Kier alpha value is -0.650. The van der Waals surface area contributed by atoms with Crippen molar-refractivity contribution in [3.05, 3.63) is 38.0 Å². The maximum atomic E-state index is 6.22. The van der Waals surface area contributed by atoms with Crippen molar-refractivity contribution < 1.29 is 4.74 Å². The smallest absolute Gasteiger partial charge is 0.162 e. The van der Waals surface area contributed by atoms with Crippen LogP contribution >= 0.6 is 43.5 Å². The van der Waals surface area contributed by atoms with E-state index in [-0.39, 0.29) is 0 Å². The molecule has 0 atom stereocenters. The van der Waals surface area contributed by atoms with E-state index in [1.54, 1.807) is 7.11 Å². The Morgan fingerprint density at radius 1 is 1.25 bits per heavy atom. The van der Waals surface area contributed by atoms with Gasteiger partial charge in [-0.25, -0.2) is 9.97 Å². The van der Waals surface area contributed by atoms with Crippen LogP contribution in [0, 0.1) is 0 Å². The van der Waals surface area contributed by atoms with Gasteiger partial charge in [-0.2, -0.15) is 0 Å². The molecular formula is C14H11Br2ClN2O. The quantitative estimate of drug-likeness (QED) is 0.642. The molecule has 104 valence electrons. The summed E-state index contributed by atoms with van der Waals surface area (Å²) in [6.45, 7) is 0. The number of benzene rings is 1. The van der Waals surface area contributed by atoms with Gasteiger partial charge in [0.15, 0.2) is 5.82 Å². The third-order valence-electron chi connectivity index (χ3n) is 3.21. The molecule has 1 aromatic carbocycles. The molecule has 0 saturated heterocycles. The van der Waals surface area contributed by atoms with E-state index < -0.39 is 0 Å². The molecule has 1 fully saturated rings. The van der Waals surface area contributed by atoms with Crippen LogP contribution in [0.15, 0.2) is 27.1 Å². The number of hydrogen-bond acceptors (Lipinski definition) is 3. The fraction of sp³-hybridized carbons (Fsp3) is 0.286. The number of hydrogen-bond donors (Lipinski definition) is 0. The van der Waals surface area contributed by atoms with Crippen molar-refractivity contribution in [1.29, 1.82) is 0 Å². The van der Waals surface area contributed by atoms with E-state index in [0.29, 0.717) is 16.9 Å². The third-order valence-corrected chi connectivity index (χ3v) is 5.19. The zero-order chi connectivity index (χ0) is 14.3. The molecule has 2 aromatic rings. The number of halogens is 3. The minimum Gasteiger partial charge on any atom is -0.497 e. The number of ether oxygens (including phenoxy) is 1. The minimum absolute atomic E-state index is 0.451. The molecule has 3 nitrogen and oxygen atoms in total. The molecule has 0 aliphatic heterocycles. The standard InChI is InChI=1S/C14H11Br2ClN2O/c1-20-8-4-5-10(15)9(6-8)14-18-12(7-2-3-7)11(16)13(17)19-14/h4-7H,2-3H2,1H3. The highest BCUT2D eigenvalue weighted by molar-refractivity contribution is 9.11. The summed E-state index contributed by atoms with van der Waals surface area (Å²) in [4.78, 5) is 9.05. The second-order valence-electron chi connectivity index (χ2n) is 4.66. The molecule has 0 unspecified atom stereocenters. The lowest BCUT2D eigenvalue weighted by Gasteiger charge is -2.10. The van der Waals surface area contributed by atoms with Crippen LogP contribution in [0.5, 0.6) is 5.75 Å². The Morgan fingerprint density at radius 3 is 2.65 bits per heavy atom. The van der Waals surface area contributed by atoms with Crippen molar-refractivity contribution in [3.8, 4) is 17.1 Å². The normalized spacial score (nSPS) is 14.4. The van der Waals surface area contributed by atoms with Crippen molar-refractivity contribution in [2.24, 2.45) is 0 Å². The van der Waals surface area contributed by atoms with Gasteiger partial charge in [0.1, 0.15) is 10.9 Å². The van der Waals surface area contributed by atoms with Crippen molar-refractivity contribution in [2.75, 3.05) is 7.11 Å². The first-order valence-corrected chi connectivity index (χ1v) is 8.13. The van der Waals surface area contributed by atoms with Gasteiger partial charge in [-0.3, -0.25) is 0 Å². The summed E-state index contributed by atoms with van der Waals surface area (Å²) in [5, 5.41) is 0.451. The van der Waals surface area contributed by atoms with Crippen molar-refractivity contribution >= 4 is 43.5 Å². The molecule has 3 rings (SSSR count). The van der Waals surface area contributed by atoms with Gasteiger partial charge in [-0.05, 0) is 47.0 Å². The highest BCUT2D eigenvalue weighted by Crippen LogP contribution is 2.44. The summed E-state index contributed by atoms with van der Waals surface area (Å²) in [5.74, 6) is 1.87. The molecular weight excluding hydrogens is 407 g/mol. The van der Waals surface area contributed by atoms with Gasteiger partial charge < -0.3 is 4.74 Å². The highest BCUT2D eigenvalue weighted by atomic mass is 79.9. The van der Waals surface area contributed by atoms with Crippen LogP contribution in [0.1, 0.15) is 24.5 Å². The van der Waals surface area contributed by atoms with E-state index in [1.165, 1.54) is 0 Å². The molecule has 1 heterocycles. The number of nitrogens with zero attached hydrogens (tertiary/aromatic N) is 2. The first kappa shape index (κ1) is 14.3. The fourth-order valence-corrected chi connectivity index (χ4v) is 3.09. The summed E-state index contributed by atoms with van der Waals surface area (Å²) >= 11 is 13.2. The summed E-state index contributed by atoms with van der Waals surface area (Å²) in [6.07, 6.45) is 2.31. The van der Waals surface area contributed by atoms with Crippen LogP contribution in [0.4, 0.5) is 0 Å². The minimum atomic E-state index is 0.451. The predicted molar refractivity (Wildman–Crippen MR) is 86.4 cm³/mol. The van der Waals surface area contributed by atoms with Gasteiger partial charge in [-0.15, -0.1) is 0 Å². The molecule has 20 heavy (non-hydrogen) atoms. The Kier molecular flexibility index (Phi) is 4.02. The second kappa shape index (κ2) is 5.62. The zero-order valence-corrected chi connectivity index (χ0v) is 14.6. The Bertz CT molecular complexity index is 674. The van der Waals surface area contributed by atoms with Crippen LogP contribution < -0.4 is 4.74 Å².